The average Bonchev–Trinajstić information content (AvgIpc) is 3.30. The lowest BCUT2D eigenvalue weighted by Crippen LogP contribution is -2.83. The Hall–Kier alpha value is -4.57. The van der Waals surface area contributed by atoms with Crippen molar-refractivity contribution in [3.8, 4) is 22.8 Å². The predicted octanol–water partition coefficient (Wildman–Crippen LogP) is 5.08. The van der Waals surface area contributed by atoms with Gasteiger partial charge in [-0.05, 0) is 36.4 Å². The molecule has 0 N–H and O–H groups in total. The van der Waals surface area contributed by atoms with Crippen LogP contribution in [-0.4, -0.2) is 11.1 Å². The molecule has 0 unspecified atom stereocenters. The van der Waals surface area contributed by atoms with E-state index in [1.54, 1.807) is 0 Å². The molecule has 166 valence electrons. The summed E-state index contributed by atoms with van der Waals surface area (Å²) in [5.41, 5.74) is 6.75. The van der Waals surface area contributed by atoms with E-state index in [1.165, 1.54) is 0 Å². The van der Waals surface area contributed by atoms with Crippen molar-refractivity contribution in [2.75, 3.05) is 0 Å². The smallest absolute Gasteiger partial charge is 0.423 e. The van der Waals surface area contributed by atoms with E-state index in [0.717, 1.165) is 44.8 Å². The van der Waals surface area contributed by atoms with Gasteiger partial charge in [-0.15, -0.1) is 10.9 Å². The molecule has 0 saturated heterocycles. The van der Waals surface area contributed by atoms with Crippen molar-refractivity contribution in [1.29, 1.82) is 0 Å². The van der Waals surface area contributed by atoms with Crippen molar-refractivity contribution in [2.24, 2.45) is 0 Å². The molecule has 0 radical (unpaired) electrons. The van der Waals surface area contributed by atoms with Crippen LogP contribution in [0.5, 0.6) is 5.75 Å². The molecule has 5 aromatic carbocycles. The molecule has 35 heavy (non-hydrogen) atoms. The van der Waals surface area contributed by atoms with Gasteiger partial charge in [0.15, 0.2) is 5.52 Å². The molecule has 4 heteroatoms. The summed E-state index contributed by atoms with van der Waals surface area (Å²) in [5.74, 6) is 2.01. The Morgan fingerprint density at radius 1 is 0.543 bits per heavy atom. The van der Waals surface area contributed by atoms with Gasteiger partial charge in [0.2, 0.25) is 0 Å². The van der Waals surface area contributed by atoms with Crippen molar-refractivity contribution < 1.29 is 9.13 Å². The van der Waals surface area contributed by atoms with Gasteiger partial charge < -0.3 is 9.13 Å². The molecule has 7 rings (SSSR count). The van der Waals surface area contributed by atoms with Crippen LogP contribution in [0.1, 0.15) is 0 Å². The fourth-order valence-corrected chi connectivity index (χ4v) is 5.69. The Balaban J connectivity index is 1.72. The van der Waals surface area contributed by atoms with Crippen LogP contribution in [-0.2, 0) is 0 Å². The minimum Gasteiger partial charge on any atom is -0.671 e. The third-order valence-corrected chi connectivity index (χ3v) is 7.13. The number of hydrogen-bond donors (Lipinski definition) is 0. The Morgan fingerprint density at radius 2 is 1.09 bits per heavy atom. The molecule has 0 bridgehead atoms. The van der Waals surface area contributed by atoms with Crippen molar-refractivity contribution in [3.05, 3.63) is 140 Å². The largest absolute Gasteiger partial charge is 0.671 e. The first kappa shape index (κ1) is 19.9. The lowest BCUT2D eigenvalue weighted by molar-refractivity contribution is -0.513. The van der Waals surface area contributed by atoms with Gasteiger partial charge >= 0.3 is 6.48 Å². The van der Waals surface area contributed by atoms with E-state index in [-0.39, 0.29) is 0 Å². The second-order valence-electron chi connectivity index (χ2n) is 9.03. The number of aromatic nitrogens is 2. The number of rotatable bonds is 3. The maximum Gasteiger partial charge on any atom is 0.423 e. The number of hydrogen-bond acceptors (Lipinski definition) is 1. The highest BCUT2D eigenvalue weighted by molar-refractivity contribution is 6.91. The van der Waals surface area contributed by atoms with Crippen LogP contribution < -0.4 is 20.1 Å². The minimum absolute atomic E-state index is 0.889. The fraction of sp³-hybridized carbons (Fsp3) is 0. The summed E-state index contributed by atoms with van der Waals surface area (Å²) in [5, 5.41) is 0. The van der Waals surface area contributed by atoms with Crippen molar-refractivity contribution in [3.63, 3.8) is 0 Å². The fourth-order valence-electron chi connectivity index (χ4n) is 5.69. The molecule has 2 heterocycles. The quantitative estimate of drug-likeness (QED) is 0.344. The number of benzene rings is 5. The van der Waals surface area contributed by atoms with Crippen LogP contribution in [0.2, 0.25) is 0 Å². The summed E-state index contributed by atoms with van der Waals surface area (Å²) < 4.78 is 12.0. The molecular weight excluding hydrogens is 427 g/mol. The van der Waals surface area contributed by atoms with E-state index in [2.05, 4.69) is 149 Å². The summed E-state index contributed by atoms with van der Waals surface area (Å²) >= 11 is 0. The average molecular weight is 450 g/mol. The third-order valence-electron chi connectivity index (χ3n) is 7.13. The Morgan fingerprint density at radius 3 is 1.77 bits per heavy atom. The lowest BCUT2D eigenvalue weighted by atomic mass is 9.40. The zero-order chi connectivity index (χ0) is 23.2. The van der Waals surface area contributed by atoms with Crippen LogP contribution >= 0.6 is 0 Å². The topological polar surface area (TPSA) is 18.0 Å². The Kier molecular flexibility index (Phi) is 4.40. The van der Waals surface area contributed by atoms with Crippen LogP contribution in [0.15, 0.2) is 140 Å². The molecule has 3 nitrogen and oxygen atoms in total. The molecule has 6 aromatic rings. The van der Waals surface area contributed by atoms with Gasteiger partial charge in [0.25, 0.3) is 5.82 Å². The van der Waals surface area contributed by atoms with Gasteiger partial charge in [-0.2, -0.15) is 4.57 Å². The maximum atomic E-state index is 7.19. The molecule has 0 spiro atoms. The second-order valence-corrected chi connectivity index (χ2v) is 9.03. The van der Waals surface area contributed by atoms with E-state index in [9.17, 15) is 0 Å². The van der Waals surface area contributed by atoms with E-state index in [0.29, 0.717) is 0 Å². The lowest BCUT2D eigenvalue weighted by Gasteiger charge is -2.44. The third kappa shape index (κ3) is 2.83. The first-order valence-electron chi connectivity index (χ1n) is 12.0. The molecule has 0 saturated carbocycles. The van der Waals surface area contributed by atoms with E-state index < -0.39 is 6.48 Å². The van der Waals surface area contributed by atoms with Crippen LogP contribution in [0.4, 0.5) is 0 Å². The van der Waals surface area contributed by atoms with Gasteiger partial charge in [0.05, 0.1) is 11.3 Å². The molecule has 1 aromatic heterocycles. The monoisotopic (exact) mass is 450 g/mol. The first-order valence-corrected chi connectivity index (χ1v) is 12.0. The van der Waals surface area contributed by atoms with Crippen LogP contribution in [0.25, 0.3) is 28.1 Å². The van der Waals surface area contributed by atoms with Crippen molar-refractivity contribution in [2.45, 2.75) is 0 Å². The normalized spacial score (nSPS) is 13.6. The van der Waals surface area contributed by atoms with Gasteiger partial charge in [-0.25, -0.2) is 0 Å². The standard InChI is InChI=1S/C31H23BN2O/c1-4-14-24(15-5-1)32(25-16-6-2-7-17-25)34-29-22-12-11-21-28(29)33(26-18-8-3-9-19-26)31(34)27-20-10-13-23-30(27)35-32/h1-23H. The molecule has 1 aliphatic heterocycles. The zero-order valence-corrected chi connectivity index (χ0v) is 19.2. The highest BCUT2D eigenvalue weighted by Crippen LogP contribution is 2.38. The van der Waals surface area contributed by atoms with E-state index in [1.807, 2.05) is 0 Å². The Bertz CT molecular complexity index is 1620. The molecule has 0 atom stereocenters. The van der Waals surface area contributed by atoms with Crippen LogP contribution in [0, 0.1) is 0 Å². The highest BCUT2D eigenvalue weighted by atomic mass is 16.5. The van der Waals surface area contributed by atoms with Crippen molar-refractivity contribution >= 4 is 28.4 Å². The van der Waals surface area contributed by atoms with Gasteiger partial charge in [-0.3, -0.25) is 0 Å². The summed E-state index contributed by atoms with van der Waals surface area (Å²) in [6, 6.07) is 48.9. The molecular formula is C31H23BN2O. The molecule has 0 fully saturated rings. The van der Waals surface area contributed by atoms with Gasteiger partial charge in [0, 0.05) is 0 Å². The SMILES string of the molecule is c1ccc(-n2c3[n+](c4ccccc42)[B-](c2ccccc2)(c2ccccc2)Oc2ccccc2-3)cc1. The predicted molar refractivity (Wildman–Crippen MR) is 143 cm³/mol. The summed E-state index contributed by atoms with van der Waals surface area (Å²) in [6.45, 7) is -1.83. The molecule has 1 aliphatic rings. The van der Waals surface area contributed by atoms with Gasteiger partial charge in [-0.1, -0.05) is 103 Å². The summed E-state index contributed by atoms with van der Waals surface area (Å²) in [6.07, 6.45) is 0. The number of para-hydroxylation sites is 4. The van der Waals surface area contributed by atoms with Gasteiger partial charge in [0.1, 0.15) is 11.2 Å². The number of imidazole rings is 1. The highest BCUT2D eigenvalue weighted by Gasteiger charge is 2.48. The van der Waals surface area contributed by atoms with Crippen LogP contribution in [0.3, 0.4) is 0 Å². The zero-order valence-electron chi connectivity index (χ0n) is 19.2. The summed E-state index contributed by atoms with van der Waals surface area (Å²) in [4.78, 5) is 0. The number of nitrogens with zero attached hydrogens (tertiary/aromatic N) is 2. The number of fused-ring (bicyclic) bond motifs is 5. The molecule has 0 amide bonds. The van der Waals surface area contributed by atoms with E-state index in [4.69, 9.17) is 4.65 Å². The van der Waals surface area contributed by atoms with Crippen molar-refractivity contribution in [1.82, 2.24) is 4.57 Å². The minimum atomic E-state index is -1.83. The van der Waals surface area contributed by atoms with E-state index >= 15 is 0 Å². The Labute approximate surface area is 204 Å². The summed E-state index contributed by atoms with van der Waals surface area (Å²) in [7, 11) is 0. The first-order chi connectivity index (χ1) is 17.4. The molecule has 0 aliphatic carbocycles. The second kappa shape index (κ2) is 7.74. The maximum absolute atomic E-state index is 7.19.